The van der Waals surface area contributed by atoms with Crippen molar-refractivity contribution in [3.05, 3.63) is 24.3 Å². The van der Waals surface area contributed by atoms with E-state index in [-0.39, 0.29) is 30.5 Å². The standard InChI is InChI=1S/C18H28O5/c1-2-3-4-7-13(19)10-11-15-14(16(20)12-17(15)21)8-5-6-9-18(22)23/h3-4,10-11,13-15,17,19,21H,2,5-9,12H2,1H3,(H,22,23)/b4-3-,11-10+/t13-,14+,15-,17-/m0/s1. The molecule has 0 saturated heterocycles. The van der Waals surface area contributed by atoms with Gasteiger partial charge in [0, 0.05) is 24.7 Å². The molecule has 0 spiro atoms. The van der Waals surface area contributed by atoms with Gasteiger partial charge in [0.15, 0.2) is 0 Å². The molecule has 1 aliphatic carbocycles. The number of unbranched alkanes of at least 4 members (excludes halogenated alkanes) is 1. The van der Waals surface area contributed by atoms with Crippen LogP contribution in [0.25, 0.3) is 0 Å². The molecule has 1 saturated carbocycles. The predicted molar refractivity (Wildman–Crippen MR) is 87.9 cm³/mol. The molecule has 130 valence electrons. The van der Waals surface area contributed by atoms with E-state index >= 15 is 0 Å². The molecule has 0 heterocycles. The van der Waals surface area contributed by atoms with Crippen LogP contribution in [0.3, 0.4) is 0 Å². The van der Waals surface area contributed by atoms with E-state index in [4.69, 9.17) is 5.11 Å². The lowest BCUT2D eigenvalue weighted by atomic mass is 9.88. The molecular formula is C18H28O5. The number of carboxylic acid groups (broad SMARTS) is 1. The van der Waals surface area contributed by atoms with Gasteiger partial charge in [-0.05, 0) is 25.7 Å². The molecule has 0 radical (unpaired) electrons. The summed E-state index contributed by atoms with van der Waals surface area (Å²) in [6.45, 7) is 2.02. The summed E-state index contributed by atoms with van der Waals surface area (Å²) < 4.78 is 0. The number of carbonyl (C=O) groups excluding carboxylic acids is 1. The van der Waals surface area contributed by atoms with E-state index in [9.17, 15) is 19.8 Å². The van der Waals surface area contributed by atoms with Crippen molar-refractivity contribution in [2.45, 2.75) is 64.1 Å². The molecule has 5 nitrogen and oxygen atoms in total. The Hall–Kier alpha value is -1.46. The van der Waals surface area contributed by atoms with Crippen LogP contribution < -0.4 is 0 Å². The van der Waals surface area contributed by atoms with Crippen LogP contribution in [0.5, 0.6) is 0 Å². The summed E-state index contributed by atoms with van der Waals surface area (Å²) in [7, 11) is 0. The lowest BCUT2D eigenvalue weighted by Crippen LogP contribution is -2.19. The van der Waals surface area contributed by atoms with Crippen LogP contribution in [0.1, 0.15) is 51.9 Å². The normalized spacial score (nSPS) is 26.4. The van der Waals surface area contributed by atoms with E-state index in [0.717, 1.165) is 6.42 Å². The Morgan fingerprint density at radius 1 is 1.35 bits per heavy atom. The summed E-state index contributed by atoms with van der Waals surface area (Å²) in [4.78, 5) is 22.5. The van der Waals surface area contributed by atoms with Crippen LogP contribution in [-0.4, -0.2) is 39.3 Å². The maximum absolute atomic E-state index is 12.0. The van der Waals surface area contributed by atoms with Gasteiger partial charge < -0.3 is 15.3 Å². The summed E-state index contributed by atoms with van der Waals surface area (Å²) in [6, 6.07) is 0. The van der Waals surface area contributed by atoms with Gasteiger partial charge in [-0.2, -0.15) is 0 Å². The SMILES string of the molecule is CC/C=C\C[C@H](O)/C=C/[C@@H]1[C@@H](O)CC(=O)[C@@H]1CCCCC(=O)O. The topological polar surface area (TPSA) is 94.8 Å². The van der Waals surface area contributed by atoms with Crippen molar-refractivity contribution in [3.63, 3.8) is 0 Å². The van der Waals surface area contributed by atoms with Crippen molar-refractivity contribution in [2.75, 3.05) is 0 Å². The first kappa shape index (κ1) is 19.6. The van der Waals surface area contributed by atoms with Gasteiger partial charge >= 0.3 is 5.97 Å². The highest BCUT2D eigenvalue weighted by Crippen LogP contribution is 2.34. The van der Waals surface area contributed by atoms with Crippen molar-refractivity contribution < 1.29 is 24.9 Å². The fourth-order valence-corrected chi connectivity index (χ4v) is 2.97. The van der Waals surface area contributed by atoms with Crippen molar-refractivity contribution in [3.8, 4) is 0 Å². The molecule has 1 rings (SSSR count). The molecule has 0 aliphatic heterocycles. The number of Topliss-reactive ketones (excluding diaryl/α,β-unsaturated/α-hetero) is 1. The first-order valence-corrected chi connectivity index (χ1v) is 8.39. The van der Waals surface area contributed by atoms with Crippen molar-refractivity contribution in [2.24, 2.45) is 11.8 Å². The highest BCUT2D eigenvalue weighted by Gasteiger charge is 2.39. The molecule has 0 aromatic carbocycles. The minimum atomic E-state index is -0.831. The third-order valence-corrected chi connectivity index (χ3v) is 4.22. The molecule has 0 bridgehead atoms. The number of rotatable bonds is 10. The summed E-state index contributed by atoms with van der Waals surface area (Å²) in [5, 5.41) is 28.6. The van der Waals surface area contributed by atoms with E-state index in [1.807, 2.05) is 19.1 Å². The fraction of sp³-hybridized carbons (Fsp3) is 0.667. The van der Waals surface area contributed by atoms with E-state index in [1.165, 1.54) is 0 Å². The van der Waals surface area contributed by atoms with Gasteiger partial charge in [-0.1, -0.05) is 37.6 Å². The van der Waals surface area contributed by atoms with Gasteiger partial charge in [0.25, 0.3) is 0 Å². The van der Waals surface area contributed by atoms with E-state index in [1.54, 1.807) is 12.2 Å². The molecule has 3 N–H and O–H groups in total. The van der Waals surface area contributed by atoms with Gasteiger partial charge in [-0.3, -0.25) is 9.59 Å². The number of allylic oxidation sites excluding steroid dienone is 1. The molecule has 1 fully saturated rings. The molecule has 0 unspecified atom stereocenters. The number of aliphatic hydroxyl groups is 2. The van der Waals surface area contributed by atoms with Crippen molar-refractivity contribution in [1.29, 1.82) is 0 Å². The minimum Gasteiger partial charge on any atom is -0.481 e. The van der Waals surface area contributed by atoms with Gasteiger partial charge in [0.1, 0.15) is 5.78 Å². The van der Waals surface area contributed by atoms with Gasteiger partial charge in [-0.15, -0.1) is 0 Å². The second-order valence-corrected chi connectivity index (χ2v) is 6.13. The minimum absolute atomic E-state index is 0.0304. The second kappa shape index (κ2) is 10.3. The molecule has 0 amide bonds. The van der Waals surface area contributed by atoms with Crippen LogP contribution in [0.2, 0.25) is 0 Å². The quantitative estimate of drug-likeness (QED) is 0.424. The molecule has 23 heavy (non-hydrogen) atoms. The monoisotopic (exact) mass is 324 g/mol. The van der Waals surface area contributed by atoms with E-state index in [2.05, 4.69) is 0 Å². The number of aliphatic carboxylic acids is 1. The highest BCUT2D eigenvalue weighted by molar-refractivity contribution is 5.84. The fourth-order valence-electron chi connectivity index (χ4n) is 2.97. The Labute approximate surface area is 137 Å². The first-order chi connectivity index (χ1) is 11.0. The Morgan fingerprint density at radius 2 is 2.09 bits per heavy atom. The van der Waals surface area contributed by atoms with Gasteiger partial charge in [0.2, 0.25) is 0 Å². The zero-order valence-electron chi connectivity index (χ0n) is 13.7. The van der Waals surface area contributed by atoms with Gasteiger partial charge in [-0.25, -0.2) is 0 Å². The average Bonchev–Trinajstić information content (AvgIpc) is 2.75. The maximum Gasteiger partial charge on any atom is 0.303 e. The van der Waals surface area contributed by atoms with Crippen LogP contribution in [0, 0.1) is 11.8 Å². The number of ketones is 1. The largest absolute Gasteiger partial charge is 0.481 e. The zero-order chi connectivity index (χ0) is 17.2. The number of hydrogen-bond acceptors (Lipinski definition) is 4. The molecular weight excluding hydrogens is 296 g/mol. The first-order valence-electron chi connectivity index (χ1n) is 8.39. The number of carboxylic acids is 1. The molecule has 0 aromatic rings. The van der Waals surface area contributed by atoms with Crippen LogP contribution in [-0.2, 0) is 9.59 Å². The summed E-state index contributed by atoms with van der Waals surface area (Å²) in [5.41, 5.74) is 0. The highest BCUT2D eigenvalue weighted by atomic mass is 16.4. The van der Waals surface area contributed by atoms with Crippen molar-refractivity contribution >= 4 is 11.8 Å². The smallest absolute Gasteiger partial charge is 0.303 e. The van der Waals surface area contributed by atoms with E-state index < -0.39 is 18.2 Å². The Morgan fingerprint density at radius 3 is 2.74 bits per heavy atom. The van der Waals surface area contributed by atoms with E-state index in [0.29, 0.717) is 25.7 Å². The summed E-state index contributed by atoms with van der Waals surface area (Å²) >= 11 is 0. The average molecular weight is 324 g/mol. The van der Waals surface area contributed by atoms with Crippen LogP contribution in [0.15, 0.2) is 24.3 Å². The second-order valence-electron chi connectivity index (χ2n) is 6.13. The lowest BCUT2D eigenvalue weighted by molar-refractivity contribution is -0.137. The number of aliphatic hydroxyl groups excluding tert-OH is 2. The van der Waals surface area contributed by atoms with Crippen LogP contribution >= 0.6 is 0 Å². The predicted octanol–water partition coefficient (Wildman–Crippen LogP) is 2.47. The zero-order valence-corrected chi connectivity index (χ0v) is 13.7. The molecule has 5 heteroatoms. The summed E-state index contributed by atoms with van der Waals surface area (Å²) in [6.07, 6.45) is 9.44. The summed E-state index contributed by atoms with van der Waals surface area (Å²) in [5.74, 6) is -1.35. The third-order valence-electron chi connectivity index (χ3n) is 4.22. The van der Waals surface area contributed by atoms with Crippen molar-refractivity contribution in [1.82, 2.24) is 0 Å². The number of hydrogen-bond donors (Lipinski definition) is 3. The Bertz CT molecular complexity index is 441. The number of carbonyl (C=O) groups is 2. The molecule has 0 aromatic heterocycles. The third kappa shape index (κ3) is 7.10. The Kier molecular flexibility index (Phi) is 8.81. The van der Waals surface area contributed by atoms with Gasteiger partial charge in [0.05, 0.1) is 12.2 Å². The Balaban J connectivity index is 2.53. The lowest BCUT2D eigenvalue weighted by Gasteiger charge is -2.17. The molecule has 4 atom stereocenters. The molecule has 1 aliphatic rings. The maximum atomic E-state index is 12.0. The van der Waals surface area contributed by atoms with Crippen LogP contribution in [0.4, 0.5) is 0 Å².